The van der Waals surface area contributed by atoms with Crippen LogP contribution >= 0.6 is 23.2 Å². The van der Waals surface area contributed by atoms with Crippen molar-refractivity contribution in [3.8, 4) is 5.75 Å². The molecule has 33 heavy (non-hydrogen) atoms. The summed E-state index contributed by atoms with van der Waals surface area (Å²) in [5, 5.41) is 0.640. The third-order valence-electron chi connectivity index (χ3n) is 5.44. The van der Waals surface area contributed by atoms with Crippen LogP contribution in [0.5, 0.6) is 5.75 Å². The molecule has 9 heteroatoms. The molecule has 2 N–H and O–H groups in total. The van der Waals surface area contributed by atoms with Crippen molar-refractivity contribution in [2.45, 2.75) is 43.3 Å². The number of halogens is 2. The van der Waals surface area contributed by atoms with Crippen LogP contribution in [-0.4, -0.2) is 34.5 Å². The molecule has 1 aromatic heterocycles. The van der Waals surface area contributed by atoms with Crippen molar-refractivity contribution >= 4 is 29.1 Å². The van der Waals surface area contributed by atoms with Gasteiger partial charge in [0.15, 0.2) is 6.29 Å². The number of aromatic nitrogens is 2. The second kappa shape index (κ2) is 11.0. The Bertz CT molecular complexity index is 1030. The van der Waals surface area contributed by atoms with Gasteiger partial charge in [-0.3, -0.25) is 4.79 Å². The van der Waals surface area contributed by atoms with Crippen molar-refractivity contribution in [3.63, 3.8) is 0 Å². The highest BCUT2D eigenvalue weighted by Crippen LogP contribution is 2.37. The largest absolute Gasteiger partial charge is 0.491 e. The zero-order chi connectivity index (χ0) is 23.2. The molecular formula is C24H25Cl2N3O4. The van der Waals surface area contributed by atoms with Gasteiger partial charge in [-0.15, -0.1) is 0 Å². The SMILES string of the molecule is NC(=O)c1ccc(OCC2CCCC(OC(c3ccc(Cl)cc3)C(Cl)n3ccnc3)O2)cc1. The van der Waals surface area contributed by atoms with Gasteiger partial charge in [-0.1, -0.05) is 35.3 Å². The van der Waals surface area contributed by atoms with E-state index in [1.54, 1.807) is 47.6 Å². The molecule has 2 aromatic carbocycles. The summed E-state index contributed by atoms with van der Waals surface area (Å²) >= 11 is 12.8. The molecule has 3 aromatic rings. The number of primary amides is 1. The fourth-order valence-corrected chi connectivity index (χ4v) is 4.13. The van der Waals surface area contributed by atoms with E-state index in [-0.39, 0.29) is 6.10 Å². The van der Waals surface area contributed by atoms with E-state index in [1.807, 2.05) is 24.3 Å². The number of hydrogen-bond donors (Lipinski definition) is 1. The van der Waals surface area contributed by atoms with Crippen molar-refractivity contribution < 1.29 is 19.0 Å². The smallest absolute Gasteiger partial charge is 0.248 e. The Labute approximate surface area is 202 Å². The lowest BCUT2D eigenvalue weighted by molar-refractivity contribution is -0.224. The number of rotatable bonds is 9. The molecule has 0 aliphatic carbocycles. The molecule has 1 amide bonds. The Kier molecular flexibility index (Phi) is 7.88. The number of benzene rings is 2. The quantitative estimate of drug-likeness (QED) is 0.422. The number of nitrogens with zero attached hydrogens (tertiary/aromatic N) is 2. The third kappa shape index (κ3) is 6.26. The van der Waals surface area contributed by atoms with E-state index < -0.39 is 23.8 Å². The minimum absolute atomic E-state index is 0.132. The first-order valence-electron chi connectivity index (χ1n) is 10.7. The molecule has 0 saturated carbocycles. The summed E-state index contributed by atoms with van der Waals surface area (Å²) in [7, 11) is 0. The summed E-state index contributed by atoms with van der Waals surface area (Å²) < 4.78 is 20.2. The minimum Gasteiger partial charge on any atom is -0.491 e. The average molecular weight is 490 g/mol. The van der Waals surface area contributed by atoms with E-state index in [0.717, 1.165) is 24.8 Å². The van der Waals surface area contributed by atoms with Gasteiger partial charge in [0.2, 0.25) is 5.91 Å². The van der Waals surface area contributed by atoms with Crippen LogP contribution in [-0.2, 0) is 9.47 Å². The molecule has 4 rings (SSSR count). The maximum absolute atomic E-state index is 11.2. The summed E-state index contributed by atoms with van der Waals surface area (Å²) in [4.78, 5) is 15.3. The van der Waals surface area contributed by atoms with Crippen LogP contribution in [0.4, 0.5) is 0 Å². The number of alkyl halides is 1. The van der Waals surface area contributed by atoms with Crippen LogP contribution in [0.25, 0.3) is 0 Å². The monoisotopic (exact) mass is 489 g/mol. The van der Waals surface area contributed by atoms with E-state index in [0.29, 0.717) is 22.9 Å². The van der Waals surface area contributed by atoms with Gasteiger partial charge >= 0.3 is 0 Å². The molecule has 1 aliphatic rings. The van der Waals surface area contributed by atoms with Crippen molar-refractivity contribution in [1.29, 1.82) is 0 Å². The van der Waals surface area contributed by atoms with Gasteiger partial charge in [-0.2, -0.15) is 0 Å². The van der Waals surface area contributed by atoms with Crippen molar-refractivity contribution in [2.75, 3.05) is 6.61 Å². The van der Waals surface area contributed by atoms with Gasteiger partial charge in [-0.25, -0.2) is 4.98 Å². The van der Waals surface area contributed by atoms with Crippen LogP contribution in [0.3, 0.4) is 0 Å². The van der Waals surface area contributed by atoms with Gasteiger partial charge in [0.05, 0.1) is 12.4 Å². The summed E-state index contributed by atoms with van der Waals surface area (Å²) in [6.45, 7) is 0.368. The highest BCUT2D eigenvalue weighted by atomic mass is 35.5. The molecule has 4 unspecified atom stereocenters. The minimum atomic E-state index is -0.516. The summed E-state index contributed by atoms with van der Waals surface area (Å²) in [5.41, 5.74) is 6.09. The summed E-state index contributed by atoms with van der Waals surface area (Å²) in [6, 6.07) is 14.1. The molecular weight excluding hydrogens is 465 g/mol. The standard InChI is InChI=1S/C24H25Cl2N3O4/c25-18-8-4-16(5-9-18)22(23(26)29-13-12-28-15-29)33-21-3-1-2-20(32-21)14-31-19-10-6-17(7-11-19)24(27)30/h4-13,15,20-23H,1-3,14H2,(H2,27,30). The molecule has 2 heterocycles. The van der Waals surface area contributed by atoms with E-state index in [1.165, 1.54) is 0 Å². The molecule has 1 fully saturated rings. The van der Waals surface area contributed by atoms with Crippen LogP contribution in [0.2, 0.25) is 5.02 Å². The molecule has 1 aliphatic heterocycles. The van der Waals surface area contributed by atoms with Crippen LogP contribution in [0, 0.1) is 0 Å². The number of nitrogens with two attached hydrogens (primary N) is 1. The van der Waals surface area contributed by atoms with E-state index in [2.05, 4.69) is 4.98 Å². The van der Waals surface area contributed by atoms with Crippen molar-refractivity contribution in [3.05, 3.63) is 83.4 Å². The first-order valence-corrected chi connectivity index (χ1v) is 11.5. The maximum atomic E-state index is 11.2. The highest BCUT2D eigenvalue weighted by molar-refractivity contribution is 6.30. The molecule has 7 nitrogen and oxygen atoms in total. The number of carbonyl (C=O) groups is 1. The van der Waals surface area contributed by atoms with E-state index >= 15 is 0 Å². The normalized spacial score (nSPS) is 20.2. The summed E-state index contributed by atoms with van der Waals surface area (Å²) in [5.74, 6) is 0.173. The average Bonchev–Trinajstić information content (AvgIpc) is 3.37. The zero-order valence-electron chi connectivity index (χ0n) is 17.8. The number of amides is 1. The zero-order valence-corrected chi connectivity index (χ0v) is 19.4. The Balaban J connectivity index is 1.39. The lowest BCUT2D eigenvalue weighted by Gasteiger charge is -2.34. The number of imidazole rings is 1. The second-order valence-electron chi connectivity index (χ2n) is 7.81. The van der Waals surface area contributed by atoms with Gasteiger partial charge in [0.25, 0.3) is 0 Å². The first-order chi connectivity index (χ1) is 16.0. The maximum Gasteiger partial charge on any atom is 0.248 e. The van der Waals surface area contributed by atoms with E-state index in [9.17, 15) is 4.79 Å². The topological polar surface area (TPSA) is 88.6 Å². The van der Waals surface area contributed by atoms with Crippen LogP contribution < -0.4 is 10.5 Å². The Morgan fingerprint density at radius 1 is 1.18 bits per heavy atom. The van der Waals surface area contributed by atoms with E-state index in [4.69, 9.17) is 43.1 Å². The Morgan fingerprint density at radius 3 is 2.61 bits per heavy atom. The molecule has 0 radical (unpaired) electrons. The van der Waals surface area contributed by atoms with Crippen LogP contribution in [0.1, 0.15) is 46.8 Å². The second-order valence-corrected chi connectivity index (χ2v) is 8.69. The number of ether oxygens (including phenoxy) is 3. The molecule has 4 atom stereocenters. The van der Waals surface area contributed by atoms with Crippen molar-refractivity contribution in [2.24, 2.45) is 5.73 Å². The molecule has 0 bridgehead atoms. The van der Waals surface area contributed by atoms with Gasteiger partial charge in [-0.05, 0) is 61.2 Å². The number of carbonyl (C=O) groups excluding carboxylic acids is 1. The van der Waals surface area contributed by atoms with Gasteiger partial charge < -0.3 is 24.5 Å². The van der Waals surface area contributed by atoms with Gasteiger partial charge in [0.1, 0.15) is 24.0 Å². The lowest BCUT2D eigenvalue weighted by Crippen LogP contribution is -2.35. The van der Waals surface area contributed by atoms with Crippen molar-refractivity contribution in [1.82, 2.24) is 9.55 Å². The fourth-order valence-electron chi connectivity index (χ4n) is 3.68. The predicted molar refractivity (Wildman–Crippen MR) is 125 cm³/mol. The Morgan fingerprint density at radius 2 is 1.94 bits per heavy atom. The van der Waals surface area contributed by atoms with Crippen LogP contribution in [0.15, 0.2) is 67.3 Å². The lowest BCUT2D eigenvalue weighted by atomic mass is 10.1. The first kappa shape index (κ1) is 23.6. The number of hydrogen-bond acceptors (Lipinski definition) is 5. The molecule has 174 valence electrons. The van der Waals surface area contributed by atoms with Gasteiger partial charge in [0, 0.05) is 23.0 Å². The molecule has 1 saturated heterocycles. The third-order valence-corrected chi connectivity index (χ3v) is 6.15. The summed E-state index contributed by atoms with van der Waals surface area (Å²) in [6.07, 6.45) is 6.64. The Hall–Kier alpha value is -2.58. The predicted octanol–water partition coefficient (Wildman–Crippen LogP) is 5.10. The highest BCUT2D eigenvalue weighted by Gasteiger charge is 2.31. The molecule has 0 spiro atoms. The fraction of sp³-hybridized carbons (Fsp3) is 0.333.